The van der Waals surface area contributed by atoms with Crippen LogP contribution in [0.2, 0.25) is 0 Å². The van der Waals surface area contributed by atoms with Crippen LogP contribution in [0.1, 0.15) is 74.9 Å². The van der Waals surface area contributed by atoms with E-state index in [1.165, 1.54) is 19.3 Å². The Morgan fingerprint density at radius 1 is 1.25 bits per heavy atom. The molecule has 0 bridgehead atoms. The third-order valence-corrected chi connectivity index (χ3v) is 6.14. The second kappa shape index (κ2) is 8.76. The summed E-state index contributed by atoms with van der Waals surface area (Å²) in [5.74, 6) is 2.14. The van der Waals surface area contributed by atoms with E-state index in [1.807, 2.05) is 12.1 Å². The zero-order chi connectivity index (χ0) is 20.1. The largest absolute Gasteiger partial charge is 0.485 e. The van der Waals surface area contributed by atoms with E-state index in [2.05, 4.69) is 36.2 Å². The van der Waals surface area contributed by atoms with Gasteiger partial charge >= 0.3 is 0 Å². The molecule has 0 radical (unpaired) electrons. The molecule has 0 unspecified atom stereocenters. The molecule has 1 aliphatic rings. The van der Waals surface area contributed by atoms with E-state index in [0.717, 1.165) is 18.8 Å². The van der Waals surface area contributed by atoms with Crippen molar-refractivity contribution in [2.24, 2.45) is 11.3 Å². The molecule has 152 valence electrons. The number of aryl methyl sites for hydroxylation is 1. The molecule has 1 saturated carbocycles. The number of nitrogens with one attached hydrogen (secondary N) is 1. The molecule has 1 aromatic heterocycles. The fourth-order valence-electron chi connectivity index (χ4n) is 3.89. The van der Waals surface area contributed by atoms with Crippen molar-refractivity contribution in [2.75, 3.05) is 0 Å². The van der Waals surface area contributed by atoms with Crippen LogP contribution in [0, 0.1) is 18.3 Å². The summed E-state index contributed by atoms with van der Waals surface area (Å²) in [7, 11) is 0. The lowest BCUT2D eigenvalue weighted by atomic mass is 9.69. The van der Waals surface area contributed by atoms with Crippen LogP contribution >= 0.6 is 0 Å². The summed E-state index contributed by atoms with van der Waals surface area (Å²) in [5, 5.41) is 7.02. The van der Waals surface area contributed by atoms with E-state index in [1.54, 1.807) is 19.1 Å². The molecule has 6 heteroatoms. The smallest absolute Gasteiger partial charge is 0.255 e. The second-order valence-corrected chi connectivity index (χ2v) is 8.38. The highest BCUT2D eigenvalue weighted by Gasteiger charge is 2.32. The first-order valence-corrected chi connectivity index (χ1v) is 10.2. The van der Waals surface area contributed by atoms with Gasteiger partial charge in [0.1, 0.15) is 5.75 Å². The summed E-state index contributed by atoms with van der Waals surface area (Å²) >= 11 is 0. The first kappa shape index (κ1) is 20.4. The highest BCUT2D eigenvalue weighted by atomic mass is 16.5. The van der Waals surface area contributed by atoms with Crippen molar-refractivity contribution in [3.63, 3.8) is 0 Å². The number of ether oxygens (including phenoxy) is 1. The first-order chi connectivity index (χ1) is 13.4. The Morgan fingerprint density at radius 2 is 1.96 bits per heavy atom. The number of carbonyl (C=O) groups excluding carboxylic acids is 1. The standard InChI is InChI=1S/C22H31N3O3/c1-5-22(3,4)16-10-12-17(13-11-16)24-21(26)18-8-6-7-9-19(18)27-14-20-23-15(2)28-25-20/h6-9,16-17H,5,10-14H2,1-4H3,(H,24,26). The van der Waals surface area contributed by atoms with Crippen LogP contribution < -0.4 is 10.1 Å². The number of rotatable bonds is 7. The molecule has 0 saturated heterocycles. The van der Waals surface area contributed by atoms with Crippen LogP contribution in [0.4, 0.5) is 0 Å². The third-order valence-electron chi connectivity index (χ3n) is 6.14. The second-order valence-electron chi connectivity index (χ2n) is 8.38. The molecule has 0 aliphatic heterocycles. The molecular formula is C22H31N3O3. The maximum atomic E-state index is 12.8. The number of amides is 1. The molecule has 3 rings (SSSR count). The van der Waals surface area contributed by atoms with Crippen LogP contribution in [-0.2, 0) is 6.61 Å². The van der Waals surface area contributed by atoms with Crippen LogP contribution in [0.5, 0.6) is 5.75 Å². The molecule has 2 aromatic rings. The number of nitrogens with zero attached hydrogens (tertiary/aromatic N) is 2. The monoisotopic (exact) mass is 385 g/mol. The van der Waals surface area contributed by atoms with Gasteiger partial charge in [0.15, 0.2) is 6.61 Å². The number of carbonyl (C=O) groups is 1. The predicted octanol–water partition coefficient (Wildman–Crippen LogP) is 4.68. The van der Waals surface area contributed by atoms with Gasteiger partial charge in [-0.2, -0.15) is 4.98 Å². The minimum atomic E-state index is -0.0851. The van der Waals surface area contributed by atoms with Gasteiger partial charge in [-0.05, 0) is 49.1 Å². The fourth-order valence-corrected chi connectivity index (χ4v) is 3.89. The van der Waals surface area contributed by atoms with Gasteiger partial charge in [-0.25, -0.2) is 0 Å². The lowest BCUT2D eigenvalue weighted by molar-refractivity contribution is 0.0889. The van der Waals surface area contributed by atoms with E-state index in [-0.39, 0.29) is 18.6 Å². The summed E-state index contributed by atoms with van der Waals surface area (Å²) in [5.41, 5.74) is 0.918. The van der Waals surface area contributed by atoms with E-state index < -0.39 is 0 Å². The van der Waals surface area contributed by atoms with Gasteiger partial charge in [0, 0.05) is 13.0 Å². The minimum Gasteiger partial charge on any atom is -0.485 e. The highest BCUT2D eigenvalue weighted by Crippen LogP contribution is 2.40. The Balaban J connectivity index is 1.58. The molecule has 1 aliphatic carbocycles. The van der Waals surface area contributed by atoms with E-state index in [4.69, 9.17) is 9.26 Å². The van der Waals surface area contributed by atoms with E-state index in [9.17, 15) is 4.79 Å². The summed E-state index contributed by atoms with van der Waals surface area (Å²) in [6, 6.07) is 7.51. The molecule has 1 fully saturated rings. The molecule has 1 N–H and O–H groups in total. The van der Waals surface area contributed by atoms with Gasteiger partial charge in [0.25, 0.3) is 5.91 Å². The number of benzene rings is 1. The van der Waals surface area contributed by atoms with E-state index in [0.29, 0.717) is 28.4 Å². The molecule has 0 atom stereocenters. The number of para-hydroxylation sites is 1. The topological polar surface area (TPSA) is 77.2 Å². The van der Waals surface area contributed by atoms with Crippen molar-refractivity contribution in [2.45, 2.75) is 72.4 Å². The Hall–Kier alpha value is -2.37. The minimum absolute atomic E-state index is 0.0851. The maximum absolute atomic E-state index is 12.8. The molecule has 0 spiro atoms. The quantitative estimate of drug-likeness (QED) is 0.749. The van der Waals surface area contributed by atoms with Crippen molar-refractivity contribution >= 4 is 5.91 Å². The average Bonchev–Trinajstić information content (AvgIpc) is 3.12. The van der Waals surface area contributed by atoms with Crippen molar-refractivity contribution in [1.82, 2.24) is 15.5 Å². The molecular weight excluding hydrogens is 354 g/mol. The molecule has 28 heavy (non-hydrogen) atoms. The Kier molecular flexibility index (Phi) is 6.37. The maximum Gasteiger partial charge on any atom is 0.255 e. The Bertz CT molecular complexity index is 792. The summed E-state index contributed by atoms with van der Waals surface area (Å²) in [4.78, 5) is 17.0. The summed E-state index contributed by atoms with van der Waals surface area (Å²) in [6.07, 6.45) is 5.59. The number of hydrogen-bond donors (Lipinski definition) is 1. The van der Waals surface area contributed by atoms with Crippen molar-refractivity contribution in [1.29, 1.82) is 0 Å². The van der Waals surface area contributed by atoms with Gasteiger partial charge in [-0.3, -0.25) is 4.79 Å². The zero-order valence-corrected chi connectivity index (χ0v) is 17.3. The van der Waals surface area contributed by atoms with Crippen LogP contribution in [0.3, 0.4) is 0 Å². The Labute approximate surface area is 167 Å². The molecule has 6 nitrogen and oxygen atoms in total. The Morgan fingerprint density at radius 3 is 2.61 bits per heavy atom. The van der Waals surface area contributed by atoms with Gasteiger partial charge < -0.3 is 14.6 Å². The third kappa shape index (κ3) is 4.91. The normalized spacial score (nSPS) is 20.0. The zero-order valence-electron chi connectivity index (χ0n) is 17.3. The summed E-state index contributed by atoms with van der Waals surface area (Å²) < 4.78 is 10.7. The summed E-state index contributed by atoms with van der Waals surface area (Å²) in [6.45, 7) is 8.87. The van der Waals surface area contributed by atoms with Crippen LogP contribution in [0.15, 0.2) is 28.8 Å². The van der Waals surface area contributed by atoms with Crippen LogP contribution in [-0.4, -0.2) is 22.1 Å². The average molecular weight is 386 g/mol. The molecule has 1 amide bonds. The number of aromatic nitrogens is 2. The first-order valence-electron chi connectivity index (χ1n) is 10.2. The number of hydrogen-bond acceptors (Lipinski definition) is 5. The van der Waals surface area contributed by atoms with Crippen molar-refractivity contribution < 1.29 is 14.1 Å². The SMILES string of the molecule is CCC(C)(C)C1CCC(NC(=O)c2ccccc2OCc2noc(C)n2)CC1. The highest BCUT2D eigenvalue weighted by molar-refractivity contribution is 5.97. The van der Waals surface area contributed by atoms with Gasteiger partial charge in [0.2, 0.25) is 11.7 Å². The van der Waals surface area contributed by atoms with Crippen molar-refractivity contribution in [3.05, 3.63) is 41.5 Å². The lowest BCUT2D eigenvalue weighted by Crippen LogP contribution is -2.40. The van der Waals surface area contributed by atoms with E-state index >= 15 is 0 Å². The van der Waals surface area contributed by atoms with Gasteiger partial charge in [0.05, 0.1) is 5.56 Å². The molecule has 1 aromatic carbocycles. The molecule has 1 heterocycles. The van der Waals surface area contributed by atoms with Gasteiger partial charge in [-0.1, -0.05) is 44.5 Å². The van der Waals surface area contributed by atoms with Gasteiger partial charge in [-0.15, -0.1) is 0 Å². The fraction of sp³-hybridized carbons (Fsp3) is 0.591. The van der Waals surface area contributed by atoms with Crippen LogP contribution in [0.25, 0.3) is 0 Å². The lowest BCUT2D eigenvalue weighted by Gasteiger charge is -2.39. The van der Waals surface area contributed by atoms with Crippen molar-refractivity contribution in [3.8, 4) is 5.75 Å². The predicted molar refractivity (Wildman–Crippen MR) is 107 cm³/mol.